The van der Waals surface area contributed by atoms with Crippen LogP contribution in [0.15, 0.2) is 65.4 Å². The largest absolute Gasteiger partial charge is 0.465 e. The van der Waals surface area contributed by atoms with Gasteiger partial charge >= 0.3 is 5.97 Å². The van der Waals surface area contributed by atoms with E-state index in [-0.39, 0.29) is 5.97 Å². The Bertz CT molecular complexity index is 1080. The summed E-state index contributed by atoms with van der Waals surface area (Å²) in [6.07, 6.45) is 4.14. The number of carbonyl (C=O) groups excluding carboxylic acids is 1. The molecular formula is C22H23BrN2O2. The third-order valence-electron chi connectivity index (χ3n) is 4.61. The average Bonchev–Trinajstić information content (AvgIpc) is 3.30. The van der Waals surface area contributed by atoms with Gasteiger partial charge in [0.1, 0.15) is 0 Å². The number of hydrogen-bond donors (Lipinski definition) is 0. The van der Waals surface area contributed by atoms with E-state index < -0.39 is 0 Å². The van der Waals surface area contributed by atoms with Gasteiger partial charge in [0.05, 0.1) is 12.7 Å². The lowest BCUT2D eigenvalue weighted by molar-refractivity contribution is 0.0601. The van der Waals surface area contributed by atoms with E-state index in [0.29, 0.717) is 5.56 Å². The van der Waals surface area contributed by atoms with Crippen LogP contribution in [0, 0.1) is 0 Å². The number of ether oxygens (including phenoxy) is 1. The highest BCUT2D eigenvalue weighted by Crippen LogP contribution is 2.20. The SMILES string of the molecule is CCn1ccc2ccc(Br)cc21.CCn1ccc2ccc(C(=O)OC)cc21. The molecule has 4 aromatic rings. The molecular weight excluding hydrogens is 404 g/mol. The van der Waals surface area contributed by atoms with Crippen molar-refractivity contribution >= 4 is 43.7 Å². The highest BCUT2D eigenvalue weighted by Gasteiger charge is 2.07. The van der Waals surface area contributed by atoms with Crippen molar-refractivity contribution in [2.75, 3.05) is 7.11 Å². The van der Waals surface area contributed by atoms with E-state index in [2.05, 4.69) is 74.1 Å². The number of rotatable bonds is 3. The third-order valence-corrected chi connectivity index (χ3v) is 5.11. The zero-order valence-corrected chi connectivity index (χ0v) is 17.4. The maximum atomic E-state index is 11.3. The first-order valence-corrected chi connectivity index (χ1v) is 9.78. The molecule has 0 aliphatic heterocycles. The molecule has 0 spiro atoms. The second-order valence-corrected chi connectivity index (χ2v) is 7.09. The summed E-state index contributed by atoms with van der Waals surface area (Å²) in [4.78, 5) is 11.3. The number of nitrogens with zero attached hydrogens (tertiary/aromatic N) is 2. The minimum Gasteiger partial charge on any atom is -0.465 e. The molecule has 0 atom stereocenters. The van der Waals surface area contributed by atoms with E-state index in [9.17, 15) is 4.79 Å². The molecule has 0 aliphatic carbocycles. The molecule has 4 rings (SSSR count). The summed E-state index contributed by atoms with van der Waals surface area (Å²) in [7, 11) is 1.39. The molecule has 2 aromatic carbocycles. The number of fused-ring (bicyclic) bond motifs is 2. The third kappa shape index (κ3) is 4.08. The fourth-order valence-corrected chi connectivity index (χ4v) is 3.49. The van der Waals surface area contributed by atoms with Crippen LogP contribution in [0.25, 0.3) is 21.8 Å². The number of carbonyl (C=O) groups is 1. The van der Waals surface area contributed by atoms with Crippen molar-refractivity contribution in [3.63, 3.8) is 0 Å². The number of halogens is 1. The molecule has 0 unspecified atom stereocenters. The van der Waals surface area contributed by atoms with Crippen LogP contribution in [0.5, 0.6) is 0 Å². The van der Waals surface area contributed by atoms with Gasteiger partial charge in [-0.2, -0.15) is 0 Å². The van der Waals surface area contributed by atoms with Gasteiger partial charge in [-0.15, -0.1) is 0 Å². The summed E-state index contributed by atoms with van der Waals surface area (Å²) in [6.45, 7) is 6.15. The van der Waals surface area contributed by atoms with Crippen LogP contribution in [0.1, 0.15) is 24.2 Å². The van der Waals surface area contributed by atoms with Crippen LogP contribution in [0.3, 0.4) is 0 Å². The van der Waals surface area contributed by atoms with Gasteiger partial charge in [-0.05, 0) is 61.0 Å². The van der Waals surface area contributed by atoms with Crippen LogP contribution < -0.4 is 0 Å². The number of esters is 1. The van der Waals surface area contributed by atoms with E-state index in [1.165, 1.54) is 18.0 Å². The number of benzene rings is 2. The van der Waals surface area contributed by atoms with Crippen LogP contribution >= 0.6 is 15.9 Å². The first-order chi connectivity index (χ1) is 13.1. The monoisotopic (exact) mass is 426 g/mol. The fraction of sp³-hybridized carbons (Fsp3) is 0.227. The number of hydrogen-bond acceptors (Lipinski definition) is 2. The standard InChI is InChI=1S/C12H13NO2.C10H10BrN/c1-3-13-7-6-9-4-5-10(8-11(9)13)12(14)15-2;1-2-12-6-5-8-3-4-9(11)7-10(8)12/h4-8H,3H2,1-2H3;3-7H,2H2,1H3. The van der Waals surface area contributed by atoms with Crippen molar-refractivity contribution in [1.29, 1.82) is 0 Å². The zero-order valence-electron chi connectivity index (χ0n) is 15.8. The molecule has 0 N–H and O–H groups in total. The molecule has 4 nitrogen and oxygen atoms in total. The van der Waals surface area contributed by atoms with Crippen molar-refractivity contribution in [3.8, 4) is 0 Å². The fourth-order valence-electron chi connectivity index (χ4n) is 3.14. The minimum absolute atomic E-state index is 0.291. The van der Waals surface area contributed by atoms with Gasteiger partial charge in [0.2, 0.25) is 0 Å². The van der Waals surface area contributed by atoms with Gasteiger partial charge in [0, 0.05) is 41.0 Å². The molecule has 0 fully saturated rings. The Kier molecular flexibility index (Phi) is 6.01. The molecule has 0 saturated heterocycles. The normalized spacial score (nSPS) is 10.7. The molecule has 27 heavy (non-hydrogen) atoms. The van der Waals surface area contributed by atoms with E-state index >= 15 is 0 Å². The minimum atomic E-state index is -0.291. The summed E-state index contributed by atoms with van der Waals surface area (Å²) in [5.41, 5.74) is 2.96. The zero-order chi connectivity index (χ0) is 19.4. The van der Waals surface area contributed by atoms with Crippen LogP contribution in [-0.2, 0) is 17.8 Å². The van der Waals surface area contributed by atoms with Crippen LogP contribution in [-0.4, -0.2) is 22.2 Å². The number of aryl methyl sites for hydroxylation is 2. The Morgan fingerprint density at radius 1 is 0.889 bits per heavy atom. The lowest BCUT2D eigenvalue weighted by Gasteiger charge is -2.03. The highest BCUT2D eigenvalue weighted by atomic mass is 79.9. The van der Waals surface area contributed by atoms with Crippen molar-refractivity contribution < 1.29 is 9.53 Å². The Hall–Kier alpha value is -2.53. The first kappa shape index (κ1) is 19.2. The van der Waals surface area contributed by atoms with Gasteiger partial charge in [-0.3, -0.25) is 0 Å². The van der Waals surface area contributed by atoms with E-state index in [1.807, 2.05) is 24.4 Å². The molecule has 0 saturated carbocycles. The topological polar surface area (TPSA) is 36.2 Å². The average molecular weight is 427 g/mol. The Morgan fingerprint density at radius 2 is 1.44 bits per heavy atom. The molecule has 5 heteroatoms. The number of aromatic nitrogens is 2. The second-order valence-electron chi connectivity index (χ2n) is 6.17. The van der Waals surface area contributed by atoms with Crippen molar-refractivity contribution in [2.24, 2.45) is 0 Å². The predicted octanol–water partition coefficient (Wildman–Crippen LogP) is 5.87. The summed E-state index contributed by atoms with van der Waals surface area (Å²) in [5.74, 6) is -0.291. The number of methoxy groups -OCH3 is 1. The van der Waals surface area contributed by atoms with Crippen molar-refractivity contribution in [2.45, 2.75) is 26.9 Å². The molecule has 0 radical (unpaired) electrons. The van der Waals surface area contributed by atoms with Crippen molar-refractivity contribution in [1.82, 2.24) is 9.13 Å². The van der Waals surface area contributed by atoms with Gasteiger partial charge in [0.25, 0.3) is 0 Å². The summed E-state index contributed by atoms with van der Waals surface area (Å²) in [6, 6.07) is 16.1. The van der Waals surface area contributed by atoms with Gasteiger partial charge in [0.15, 0.2) is 0 Å². The smallest absolute Gasteiger partial charge is 0.337 e. The predicted molar refractivity (Wildman–Crippen MR) is 114 cm³/mol. The van der Waals surface area contributed by atoms with Crippen LogP contribution in [0.4, 0.5) is 0 Å². The lowest BCUT2D eigenvalue weighted by atomic mass is 10.1. The van der Waals surface area contributed by atoms with E-state index in [0.717, 1.165) is 28.5 Å². The molecule has 2 aromatic heterocycles. The quantitative estimate of drug-likeness (QED) is 0.384. The lowest BCUT2D eigenvalue weighted by Crippen LogP contribution is -2.01. The summed E-state index contributed by atoms with van der Waals surface area (Å²) < 4.78 is 10.2. The molecule has 2 heterocycles. The van der Waals surface area contributed by atoms with Gasteiger partial charge < -0.3 is 13.9 Å². The maximum absolute atomic E-state index is 11.3. The molecule has 0 amide bonds. The molecule has 0 bridgehead atoms. The Balaban J connectivity index is 0.000000159. The molecule has 140 valence electrons. The summed E-state index contributed by atoms with van der Waals surface area (Å²) in [5, 5.41) is 2.45. The van der Waals surface area contributed by atoms with Crippen LogP contribution in [0.2, 0.25) is 0 Å². The summed E-state index contributed by atoms with van der Waals surface area (Å²) >= 11 is 3.47. The van der Waals surface area contributed by atoms with Gasteiger partial charge in [-0.25, -0.2) is 4.79 Å². The highest BCUT2D eigenvalue weighted by molar-refractivity contribution is 9.10. The van der Waals surface area contributed by atoms with E-state index in [1.54, 1.807) is 6.07 Å². The molecule has 0 aliphatic rings. The van der Waals surface area contributed by atoms with Gasteiger partial charge in [-0.1, -0.05) is 28.1 Å². The first-order valence-electron chi connectivity index (χ1n) is 8.99. The second kappa shape index (κ2) is 8.44. The Morgan fingerprint density at radius 3 is 2.00 bits per heavy atom. The maximum Gasteiger partial charge on any atom is 0.337 e. The Labute approximate surface area is 167 Å². The van der Waals surface area contributed by atoms with Crippen molar-refractivity contribution in [3.05, 3.63) is 71.0 Å². The van der Waals surface area contributed by atoms with E-state index in [4.69, 9.17) is 0 Å².